The number of carbonyl (C=O) groups excluding carboxylic acids is 1. The Labute approximate surface area is 122 Å². The molecule has 0 fully saturated rings. The van der Waals surface area contributed by atoms with E-state index in [0.717, 1.165) is 38.0 Å². The number of aryl methyl sites for hydroxylation is 1. The van der Waals surface area contributed by atoms with Crippen LogP contribution >= 0.6 is 0 Å². The van der Waals surface area contributed by atoms with Crippen molar-refractivity contribution in [2.45, 2.75) is 58.8 Å². The summed E-state index contributed by atoms with van der Waals surface area (Å²) in [6.45, 7) is 5.11. The van der Waals surface area contributed by atoms with E-state index in [-0.39, 0.29) is 5.92 Å². The molecular formula is C18H26O2. The van der Waals surface area contributed by atoms with Gasteiger partial charge in [-0.3, -0.25) is 4.79 Å². The smallest absolute Gasteiger partial charge is 0.136 e. The van der Waals surface area contributed by atoms with Gasteiger partial charge in [-0.1, -0.05) is 38.8 Å². The van der Waals surface area contributed by atoms with Gasteiger partial charge in [-0.15, -0.1) is 0 Å². The Morgan fingerprint density at radius 1 is 1.35 bits per heavy atom. The maximum atomic E-state index is 12.3. The quantitative estimate of drug-likeness (QED) is 0.705. The average molecular weight is 274 g/mol. The second-order valence-electron chi connectivity index (χ2n) is 5.75. The Morgan fingerprint density at radius 3 is 2.95 bits per heavy atom. The number of ketones is 1. The molecule has 0 radical (unpaired) electrons. The first-order chi connectivity index (χ1) is 9.74. The lowest BCUT2D eigenvalue weighted by Gasteiger charge is -2.13. The summed E-state index contributed by atoms with van der Waals surface area (Å²) in [6.07, 6.45) is 6.94. The van der Waals surface area contributed by atoms with E-state index in [2.05, 4.69) is 32.0 Å². The molecule has 1 aromatic rings. The first-order valence-corrected chi connectivity index (χ1v) is 8.02. The molecule has 2 heteroatoms. The molecule has 0 amide bonds. The highest BCUT2D eigenvalue weighted by atomic mass is 16.5. The van der Waals surface area contributed by atoms with Crippen LogP contribution in [0.15, 0.2) is 18.2 Å². The van der Waals surface area contributed by atoms with Crippen LogP contribution in [0.3, 0.4) is 0 Å². The van der Waals surface area contributed by atoms with Gasteiger partial charge in [-0.2, -0.15) is 0 Å². The fourth-order valence-electron chi connectivity index (χ4n) is 2.91. The number of benzene rings is 1. The predicted octanol–water partition coefficient (Wildman–Crippen LogP) is 4.34. The number of ether oxygens (including phenoxy) is 1. The van der Waals surface area contributed by atoms with Gasteiger partial charge in [-0.25, -0.2) is 0 Å². The molecule has 0 aliphatic carbocycles. The van der Waals surface area contributed by atoms with Crippen LogP contribution in [0.2, 0.25) is 0 Å². The van der Waals surface area contributed by atoms with Crippen LogP contribution in [-0.2, 0) is 17.6 Å². The number of hydrogen-bond donors (Lipinski definition) is 0. The highest BCUT2D eigenvalue weighted by Crippen LogP contribution is 2.26. The fourth-order valence-corrected chi connectivity index (χ4v) is 2.91. The van der Waals surface area contributed by atoms with Gasteiger partial charge in [0.2, 0.25) is 0 Å². The third-order valence-corrected chi connectivity index (χ3v) is 4.27. The van der Waals surface area contributed by atoms with Gasteiger partial charge in [0.15, 0.2) is 0 Å². The van der Waals surface area contributed by atoms with Crippen LogP contribution in [0.5, 0.6) is 5.75 Å². The van der Waals surface area contributed by atoms with E-state index >= 15 is 0 Å². The largest absolute Gasteiger partial charge is 0.493 e. The Kier molecular flexibility index (Phi) is 5.63. The standard InChI is InChI=1S/C18H26O2/c1-3-5-6-15(4-2)17(19)9-7-14-8-10-18-16(13-14)11-12-20-18/h8,10,13,15H,3-7,9,11-12H2,1-2H3. The van der Waals surface area contributed by atoms with E-state index in [4.69, 9.17) is 4.74 Å². The molecule has 2 rings (SSSR count). The Bertz CT molecular complexity index is 451. The topological polar surface area (TPSA) is 26.3 Å². The monoisotopic (exact) mass is 274 g/mol. The van der Waals surface area contributed by atoms with Crippen molar-refractivity contribution in [2.24, 2.45) is 5.92 Å². The normalized spacial score (nSPS) is 14.7. The molecule has 110 valence electrons. The first-order valence-electron chi connectivity index (χ1n) is 8.02. The van der Waals surface area contributed by atoms with Crippen LogP contribution < -0.4 is 4.74 Å². The maximum absolute atomic E-state index is 12.3. The second-order valence-corrected chi connectivity index (χ2v) is 5.75. The average Bonchev–Trinajstić information content (AvgIpc) is 2.93. The lowest BCUT2D eigenvalue weighted by Crippen LogP contribution is -2.14. The summed E-state index contributed by atoms with van der Waals surface area (Å²) in [5.74, 6) is 1.74. The summed E-state index contributed by atoms with van der Waals surface area (Å²) in [5, 5.41) is 0. The first kappa shape index (κ1) is 15.1. The highest BCUT2D eigenvalue weighted by Gasteiger charge is 2.16. The fraction of sp³-hybridized carbons (Fsp3) is 0.611. The van der Waals surface area contributed by atoms with Crippen molar-refractivity contribution in [3.8, 4) is 5.75 Å². The molecule has 0 saturated carbocycles. The van der Waals surface area contributed by atoms with Gasteiger partial charge in [-0.05, 0) is 36.5 Å². The van der Waals surface area contributed by atoms with Crippen molar-refractivity contribution in [3.05, 3.63) is 29.3 Å². The number of fused-ring (bicyclic) bond motifs is 1. The van der Waals surface area contributed by atoms with Crippen molar-refractivity contribution < 1.29 is 9.53 Å². The molecule has 1 aliphatic heterocycles. The molecule has 0 aromatic heterocycles. The molecular weight excluding hydrogens is 248 g/mol. The van der Waals surface area contributed by atoms with Gasteiger partial charge < -0.3 is 4.74 Å². The van der Waals surface area contributed by atoms with E-state index in [1.54, 1.807) is 0 Å². The van der Waals surface area contributed by atoms with Gasteiger partial charge >= 0.3 is 0 Å². The number of carbonyl (C=O) groups is 1. The molecule has 20 heavy (non-hydrogen) atoms. The predicted molar refractivity (Wildman–Crippen MR) is 82.3 cm³/mol. The lowest BCUT2D eigenvalue weighted by atomic mass is 9.91. The molecule has 0 bridgehead atoms. The minimum atomic E-state index is 0.271. The Morgan fingerprint density at radius 2 is 2.20 bits per heavy atom. The molecule has 1 heterocycles. The van der Waals surface area contributed by atoms with Crippen LogP contribution in [-0.4, -0.2) is 12.4 Å². The molecule has 0 N–H and O–H groups in total. The van der Waals surface area contributed by atoms with Crippen molar-refractivity contribution in [2.75, 3.05) is 6.61 Å². The van der Waals surface area contributed by atoms with Crippen LogP contribution in [0, 0.1) is 5.92 Å². The molecule has 1 atom stereocenters. The van der Waals surface area contributed by atoms with E-state index in [1.807, 2.05) is 0 Å². The SMILES string of the molecule is CCCCC(CC)C(=O)CCc1ccc2c(c1)CCO2. The molecule has 2 nitrogen and oxygen atoms in total. The summed E-state index contributed by atoms with van der Waals surface area (Å²) < 4.78 is 5.51. The van der Waals surface area contributed by atoms with Gasteiger partial charge in [0, 0.05) is 18.8 Å². The van der Waals surface area contributed by atoms with E-state index in [1.165, 1.54) is 24.0 Å². The van der Waals surface area contributed by atoms with Crippen molar-refractivity contribution in [1.29, 1.82) is 0 Å². The Balaban J connectivity index is 1.86. The highest BCUT2D eigenvalue weighted by molar-refractivity contribution is 5.81. The number of rotatable bonds is 8. The van der Waals surface area contributed by atoms with E-state index in [0.29, 0.717) is 12.2 Å². The van der Waals surface area contributed by atoms with Gasteiger partial charge in [0.1, 0.15) is 11.5 Å². The molecule has 1 aliphatic rings. The third kappa shape index (κ3) is 3.84. The van der Waals surface area contributed by atoms with E-state index in [9.17, 15) is 4.79 Å². The zero-order chi connectivity index (χ0) is 14.4. The summed E-state index contributed by atoms with van der Waals surface area (Å²) in [6, 6.07) is 6.36. The van der Waals surface area contributed by atoms with Crippen molar-refractivity contribution >= 4 is 5.78 Å². The van der Waals surface area contributed by atoms with Crippen LogP contribution in [0.25, 0.3) is 0 Å². The molecule has 0 saturated heterocycles. The summed E-state index contributed by atoms with van der Waals surface area (Å²) >= 11 is 0. The van der Waals surface area contributed by atoms with E-state index < -0.39 is 0 Å². The van der Waals surface area contributed by atoms with Gasteiger partial charge in [0.25, 0.3) is 0 Å². The lowest BCUT2D eigenvalue weighted by molar-refractivity contribution is -0.123. The van der Waals surface area contributed by atoms with Gasteiger partial charge in [0.05, 0.1) is 6.61 Å². The molecule has 0 spiro atoms. The van der Waals surface area contributed by atoms with Crippen LogP contribution in [0.1, 0.15) is 57.1 Å². The molecule has 1 unspecified atom stereocenters. The minimum absolute atomic E-state index is 0.271. The Hall–Kier alpha value is -1.31. The zero-order valence-corrected chi connectivity index (χ0v) is 12.8. The third-order valence-electron chi connectivity index (χ3n) is 4.27. The summed E-state index contributed by atoms with van der Waals surface area (Å²) in [7, 11) is 0. The van der Waals surface area contributed by atoms with Crippen molar-refractivity contribution in [3.63, 3.8) is 0 Å². The summed E-state index contributed by atoms with van der Waals surface area (Å²) in [4.78, 5) is 12.3. The number of Topliss-reactive ketones (excluding diaryl/α,β-unsaturated/α-hetero) is 1. The second kappa shape index (κ2) is 7.47. The minimum Gasteiger partial charge on any atom is -0.493 e. The van der Waals surface area contributed by atoms with Crippen LogP contribution in [0.4, 0.5) is 0 Å². The summed E-state index contributed by atoms with van der Waals surface area (Å²) in [5.41, 5.74) is 2.57. The van der Waals surface area contributed by atoms with Crippen molar-refractivity contribution in [1.82, 2.24) is 0 Å². The number of hydrogen-bond acceptors (Lipinski definition) is 2. The number of unbranched alkanes of at least 4 members (excludes halogenated alkanes) is 1. The molecule has 1 aromatic carbocycles. The maximum Gasteiger partial charge on any atom is 0.136 e. The zero-order valence-electron chi connectivity index (χ0n) is 12.8.